The van der Waals surface area contributed by atoms with Crippen LogP contribution in [-0.4, -0.2) is 11.0 Å². The predicted molar refractivity (Wildman–Crippen MR) is 47.6 cm³/mol. The van der Waals surface area contributed by atoms with Crippen molar-refractivity contribution in [3.8, 4) is 0 Å². The second-order valence-corrected chi connectivity index (χ2v) is 3.17. The van der Waals surface area contributed by atoms with Crippen LogP contribution in [0.15, 0.2) is 0 Å². The fourth-order valence-corrected chi connectivity index (χ4v) is 1.39. The molecule has 0 unspecified atom stereocenters. The molecule has 0 bridgehead atoms. The molecule has 0 aliphatic rings. The summed E-state index contributed by atoms with van der Waals surface area (Å²) in [6.07, 6.45) is 0. The van der Waals surface area contributed by atoms with Crippen LogP contribution in [0.3, 0.4) is 0 Å². The van der Waals surface area contributed by atoms with Gasteiger partial charge in [0.05, 0.1) is 4.51 Å². The van der Waals surface area contributed by atoms with Gasteiger partial charge < -0.3 is 4.98 Å². The molecule has 0 saturated heterocycles. The Morgan fingerprint density at radius 2 is 2.07 bits per heavy atom. The fourth-order valence-electron chi connectivity index (χ4n) is 1.06. The number of rotatable bonds is 1. The van der Waals surface area contributed by atoms with E-state index >= 15 is 0 Å². The number of H-pyrrole nitrogens is 1. The SMILES string of the molecule is Cc1[nH]c(F)c(C)c(=S)c1C(=O)OF. The van der Waals surface area contributed by atoms with E-state index in [2.05, 4.69) is 9.93 Å². The Morgan fingerprint density at radius 3 is 2.57 bits per heavy atom. The number of pyridine rings is 1. The number of halogens is 2. The summed E-state index contributed by atoms with van der Waals surface area (Å²) >= 11 is 4.78. The Hall–Kier alpha value is -1.30. The fraction of sp³-hybridized carbons (Fsp3) is 0.250. The lowest BCUT2D eigenvalue weighted by atomic mass is 10.1. The van der Waals surface area contributed by atoms with E-state index in [1.54, 1.807) is 0 Å². The van der Waals surface area contributed by atoms with Gasteiger partial charge in [-0.2, -0.15) is 4.39 Å². The molecule has 1 heterocycles. The summed E-state index contributed by atoms with van der Waals surface area (Å²) in [7, 11) is 0. The molecule has 14 heavy (non-hydrogen) atoms. The van der Waals surface area contributed by atoms with Crippen molar-refractivity contribution in [2.24, 2.45) is 0 Å². The Kier molecular flexibility index (Phi) is 2.95. The van der Waals surface area contributed by atoms with E-state index < -0.39 is 11.9 Å². The minimum atomic E-state index is -1.22. The van der Waals surface area contributed by atoms with Crippen LogP contribution in [0.25, 0.3) is 0 Å². The molecule has 0 fully saturated rings. The number of aromatic nitrogens is 1. The quantitative estimate of drug-likeness (QED) is 0.583. The highest BCUT2D eigenvalue weighted by molar-refractivity contribution is 7.71. The Bertz CT molecular complexity index is 442. The average Bonchev–Trinajstić information content (AvgIpc) is 2.14. The van der Waals surface area contributed by atoms with Gasteiger partial charge in [0, 0.05) is 15.8 Å². The van der Waals surface area contributed by atoms with Gasteiger partial charge in [-0.15, -0.1) is 0 Å². The number of aryl methyl sites for hydroxylation is 1. The maximum absolute atomic E-state index is 13.0. The highest BCUT2D eigenvalue weighted by Gasteiger charge is 2.17. The molecule has 0 aromatic carbocycles. The Morgan fingerprint density at radius 1 is 1.50 bits per heavy atom. The molecule has 0 amide bonds. The van der Waals surface area contributed by atoms with Crippen LogP contribution in [0.1, 0.15) is 21.6 Å². The van der Waals surface area contributed by atoms with Crippen LogP contribution in [0.2, 0.25) is 0 Å². The number of nitrogens with one attached hydrogen (secondary N) is 1. The molecular formula is C8H7F2NO2S. The lowest BCUT2D eigenvalue weighted by Crippen LogP contribution is -2.07. The smallest absolute Gasteiger partial charge is 0.335 e. The summed E-state index contributed by atoms with van der Waals surface area (Å²) in [6.45, 7) is 2.80. The highest BCUT2D eigenvalue weighted by atomic mass is 32.1. The lowest BCUT2D eigenvalue weighted by molar-refractivity contribution is -0.0789. The van der Waals surface area contributed by atoms with Gasteiger partial charge in [0.2, 0.25) is 0 Å². The van der Waals surface area contributed by atoms with Gasteiger partial charge in [-0.1, -0.05) is 12.2 Å². The number of hydrogen-bond acceptors (Lipinski definition) is 3. The van der Waals surface area contributed by atoms with E-state index in [0.29, 0.717) is 0 Å². The molecule has 0 radical (unpaired) electrons. The minimum Gasteiger partial charge on any atom is -0.335 e. The molecule has 6 heteroatoms. The molecule has 0 aliphatic carbocycles. The van der Waals surface area contributed by atoms with Crippen molar-refractivity contribution in [2.45, 2.75) is 13.8 Å². The zero-order valence-corrected chi connectivity index (χ0v) is 8.30. The van der Waals surface area contributed by atoms with Crippen molar-refractivity contribution in [3.63, 3.8) is 0 Å². The molecule has 1 N–H and O–H groups in total. The van der Waals surface area contributed by atoms with Crippen LogP contribution < -0.4 is 0 Å². The predicted octanol–water partition coefficient (Wildman–Crippen LogP) is 2.54. The van der Waals surface area contributed by atoms with E-state index in [4.69, 9.17) is 12.2 Å². The van der Waals surface area contributed by atoms with Crippen molar-refractivity contribution < 1.29 is 18.7 Å². The van der Waals surface area contributed by atoms with Gasteiger partial charge in [0.25, 0.3) is 0 Å². The van der Waals surface area contributed by atoms with Gasteiger partial charge in [-0.3, -0.25) is 0 Å². The Balaban J connectivity index is 3.52. The van der Waals surface area contributed by atoms with Crippen LogP contribution in [0.5, 0.6) is 0 Å². The molecule has 1 rings (SSSR count). The second kappa shape index (κ2) is 3.83. The van der Waals surface area contributed by atoms with E-state index in [1.807, 2.05) is 0 Å². The van der Waals surface area contributed by atoms with Crippen LogP contribution in [0, 0.1) is 24.3 Å². The Labute approximate surface area is 83.6 Å². The normalized spacial score (nSPS) is 10.0. The zero-order valence-electron chi connectivity index (χ0n) is 7.48. The van der Waals surface area contributed by atoms with Crippen molar-refractivity contribution >= 4 is 18.2 Å². The van der Waals surface area contributed by atoms with Crippen LogP contribution in [0.4, 0.5) is 8.92 Å². The lowest BCUT2D eigenvalue weighted by Gasteiger charge is -2.05. The third-order valence-corrected chi connectivity index (χ3v) is 2.35. The average molecular weight is 219 g/mol. The van der Waals surface area contributed by atoms with Crippen molar-refractivity contribution in [2.75, 3.05) is 0 Å². The largest absolute Gasteiger partial charge is 0.382 e. The maximum atomic E-state index is 13.0. The molecule has 0 atom stereocenters. The monoisotopic (exact) mass is 219 g/mol. The number of aromatic amines is 1. The third kappa shape index (κ3) is 1.65. The number of hydrogen-bond donors (Lipinski definition) is 1. The first-order valence-electron chi connectivity index (χ1n) is 3.71. The molecule has 0 saturated carbocycles. The molecule has 76 valence electrons. The van der Waals surface area contributed by atoms with E-state index in [1.165, 1.54) is 13.8 Å². The third-order valence-electron chi connectivity index (χ3n) is 1.84. The first-order valence-corrected chi connectivity index (χ1v) is 4.11. The zero-order chi connectivity index (χ0) is 10.9. The number of carbonyl (C=O) groups is 1. The second-order valence-electron chi connectivity index (χ2n) is 2.76. The summed E-state index contributed by atoms with van der Waals surface area (Å²) in [6, 6.07) is 0. The summed E-state index contributed by atoms with van der Waals surface area (Å²) in [5.74, 6) is -1.85. The molecule has 1 aromatic heterocycles. The summed E-state index contributed by atoms with van der Waals surface area (Å²) in [4.78, 5) is 16.2. The topological polar surface area (TPSA) is 42.1 Å². The standard InChI is InChI=1S/C8H7F2NO2S/c1-3-6(14)5(8(12)13-10)4(2)11-7(3)9/h1-2H3,(H,11,14). The maximum Gasteiger partial charge on any atom is 0.382 e. The first-order chi connectivity index (χ1) is 6.49. The van der Waals surface area contributed by atoms with Crippen molar-refractivity contribution in [1.82, 2.24) is 4.98 Å². The van der Waals surface area contributed by atoms with Gasteiger partial charge in [-0.05, 0) is 13.8 Å². The van der Waals surface area contributed by atoms with Gasteiger partial charge in [0.15, 0.2) is 5.95 Å². The molecule has 3 nitrogen and oxygen atoms in total. The van der Waals surface area contributed by atoms with Crippen LogP contribution in [-0.2, 0) is 4.94 Å². The first kappa shape index (κ1) is 10.8. The summed E-state index contributed by atoms with van der Waals surface area (Å²) in [5, 5.41) is 0. The summed E-state index contributed by atoms with van der Waals surface area (Å²) in [5.41, 5.74) is 0.0770. The molecule has 1 aromatic rings. The molecule has 0 aliphatic heterocycles. The van der Waals surface area contributed by atoms with E-state index in [9.17, 15) is 13.7 Å². The van der Waals surface area contributed by atoms with Gasteiger partial charge >= 0.3 is 5.97 Å². The number of carbonyl (C=O) groups excluding carboxylic acids is 1. The highest BCUT2D eigenvalue weighted by Crippen LogP contribution is 2.15. The van der Waals surface area contributed by atoms with Crippen LogP contribution >= 0.6 is 12.2 Å². The minimum absolute atomic E-state index is 0.0404. The van der Waals surface area contributed by atoms with Gasteiger partial charge in [-0.25, -0.2) is 9.74 Å². The van der Waals surface area contributed by atoms with Crippen molar-refractivity contribution in [1.29, 1.82) is 0 Å². The summed E-state index contributed by atoms with van der Waals surface area (Å²) < 4.78 is 24.6. The van der Waals surface area contributed by atoms with Crippen molar-refractivity contribution in [3.05, 3.63) is 27.3 Å². The molecule has 0 spiro atoms. The van der Waals surface area contributed by atoms with E-state index in [0.717, 1.165) is 0 Å². The van der Waals surface area contributed by atoms with Gasteiger partial charge in [0.1, 0.15) is 5.56 Å². The van der Waals surface area contributed by atoms with E-state index in [-0.39, 0.29) is 21.3 Å². The molecular weight excluding hydrogens is 212 g/mol.